The maximum absolute atomic E-state index is 11.1. The van der Waals surface area contributed by atoms with Gasteiger partial charge in [-0.25, -0.2) is 0 Å². The van der Waals surface area contributed by atoms with Crippen LogP contribution in [0.15, 0.2) is 0 Å². The van der Waals surface area contributed by atoms with Crippen molar-refractivity contribution in [2.24, 2.45) is 0 Å². The molecule has 5 heteroatoms. The molecular formula is C12H24O4Sn. The quantitative estimate of drug-likeness (QED) is 0.359. The molecule has 0 aliphatic heterocycles. The molecule has 2 radical (unpaired) electrons. The molecule has 0 saturated heterocycles. The van der Waals surface area contributed by atoms with Crippen LogP contribution in [0, 0.1) is 0 Å². The fourth-order valence-corrected chi connectivity index (χ4v) is 1.01. The first-order valence-corrected chi connectivity index (χ1v) is 6.02. The second-order valence-electron chi connectivity index (χ2n) is 3.65. The summed E-state index contributed by atoms with van der Waals surface area (Å²) in [6.07, 6.45) is 3.96. The van der Waals surface area contributed by atoms with Crippen molar-refractivity contribution in [1.82, 2.24) is 0 Å². The summed E-state index contributed by atoms with van der Waals surface area (Å²) >= 11 is 0. The van der Waals surface area contributed by atoms with Crippen molar-refractivity contribution in [2.75, 3.05) is 13.2 Å². The summed E-state index contributed by atoms with van der Waals surface area (Å²) in [4.78, 5) is 22.2. The van der Waals surface area contributed by atoms with E-state index in [1.807, 2.05) is 13.8 Å². The van der Waals surface area contributed by atoms with Crippen molar-refractivity contribution in [3.63, 3.8) is 0 Å². The zero-order valence-electron chi connectivity index (χ0n) is 11.0. The summed E-state index contributed by atoms with van der Waals surface area (Å²) in [5.74, 6) is -0.637. The zero-order valence-corrected chi connectivity index (χ0v) is 15.0. The molecule has 0 atom stereocenters. The van der Waals surface area contributed by atoms with Crippen LogP contribution in [-0.4, -0.2) is 49.1 Å². The number of carbonyl (C=O) groups excluding carboxylic acids is 2. The molecule has 17 heavy (non-hydrogen) atoms. The van der Waals surface area contributed by atoms with Gasteiger partial charge in [0.1, 0.15) is 0 Å². The standard InChI is InChI=1S/C12H22O4.Sn.2H/c1-3-5-9-15-11(13)7-8-12(14)16-10-6-4-2;;;/h3-10H2,1-2H3;;;. The monoisotopic (exact) mass is 352 g/mol. The van der Waals surface area contributed by atoms with Crippen LogP contribution in [0.1, 0.15) is 52.4 Å². The van der Waals surface area contributed by atoms with Gasteiger partial charge < -0.3 is 9.47 Å². The van der Waals surface area contributed by atoms with E-state index in [-0.39, 0.29) is 48.7 Å². The van der Waals surface area contributed by atoms with Gasteiger partial charge in [-0.15, -0.1) is 0 Å². The van der Waals surface area contributed by atoms with Gasteiger partial charge in [-0.2, -0.15) is 0 Å². The zero-order chi connectivity index (χ0) is 12.2. The Bertz CT molecular complexity index is 185. The van der Waals surface area contributed by atoms with Crippen molar-refractivity contribution in [3.05, 3.63) is 0 Å². The Hall–Kier alpha value is -0.261. The number of hydrogen-bond donors (Lipinski definition) is 0. The molecule has 0 amide bonds. The average Bonchev–Trinajstić information content (AvgIpc) is 2.27. The predicted octanol–water partition coefficient (Wildman–Crippen LogP) is 1.54. The van der Waals surface area contributed by atoms with Crippen LogP contribution in [0.2, 0.25) is 0 Å². The van der Waals surface area contributed by atoms with Crippen LogP contribution in [-0.2, 0) is 19.1 Å². The molecule has 4 nitrogen and oxygen atoms in total. The first-order chi connectivity index (χ1) is 7.70. The summed E-state index contributed by atoms with van der Waals surface area (Å²) in [5, 5.41) is 0. The molecule has 100 valence electrons. The SMILES string of the molecule is CCCCOC(=O)CCC(=O)OCCCC.[SnH2]. The van der Waals surface area contributed by atoms with Crippen molar-refractivity contribution in [2.45, 2.75) is 52.4 Å². The first kappa shape index (κ1) is 19.1. The predicted molar refractivity (Wildman–Crippen MR) is 69.5 cm³/mol. The topological polar surface area (TPSA) is 52.6 Å². The summed E-state index contributed by atoms with van der Waals surface area (Å²) in [7, 11) is 0. The molecule has 0 saturated carbocycles. The van der Waals surface area contributed by atoms with Crippen LogP contribution in [0.4, 0.5) is 0 Å². The molecule has 0 unspecified atom stereocenters. The van der Waals surface area contributed by atoms with Gasteiger partial charge in [0.05, 0.1) is 26.1 Å². The van der Waals surface area contributed by atoms with Crippen molar-refractivity contribution in [1.29, 1.82) is 0 Å². The Balaban J connectivity index is 0. The summed E-state index contributed by atoms with van der Waals surface area (Å²) in [5.41, 5.74) is 0. The van der Waals surface area contributed by atoms with Crippen LogP contribution in [0.5, 0.6) is 0 Å². The number of carbonyl (C=O) groups is 2. The number of hydrogen-bond acceptors (Lipinski definition) is 4. The van der Waals surface area contributed by atoms with Crippen molar-refractivity contribution in [3.8, 4) is 0 Å². The second kappa shape index (κ2) is 13.8. The average molecular weight is 351 g/mol. The minimum atomic E-state index is -0.319. The van der Waals surface area contributed by atoms with Crippen molar-refractivity contribution >= 4 is 35.8 Å². The fourth-order valence-electron chi connectivity index (χ4n) is 1.01. The van der Waals surface area contributed by atoms with Gasteiger partial charge >= 0.3 is 35.8 Å². The molecule has 0 heterocycles. The Kier molecular flexibility index (Phi) is 15.5. The molecule has 0 aromatic rings. The van der Waals surface area contributed by atoms with E-state index in [0.29, 0.717) is 13.2 Å². The molecule has 0 spiro atoms. The Morgan fingerprint density at radius 3 is 1.47 bits per heavy atom. The number of esters is 2. The third-order valence-electron chi connectivity index (χ3n) is 2.06. The maximum atomic E-state index is 11.1. The van der Waals surface area contributed by atoms with E-state index >= 15 is 0 Å². The Labute approximate surface area is 120 Å². The van der Waals surface area contributed by atoms with Gasteiger partial charge in [0, 0.05) is 0 Å². The van der Waals surface area contributed by atoms with Gasteiger partial charge in [-0.3, -0.25) is 9.59 Å². The van der Waals surface area contributed by atoms with E-state index < -0.39 is 0 Å². The third kappa shape index (κ3) is 13.7. The molecule has 0 aromatic heterocycles. The summed E-state index contributed by atoms with van der Waals surface area (Å²) < 4.78 is 9.82. The molecule has 0 aliphatic carbocycles. The number of unbranched alkanes of at least 4 members (excludes halogenated alkanes) is 2. The summed E-state index contributed by atoms with van der Waals surface area (Å²) in [6.45, 7) is 4.94. The van der Waals surface area contributed by atoms with Gasteiger partial charge in [0.25, 0.3) is 0 Å². The van der Waals surface area contributed by atoms with Gasteiger partial charge in [-0.05, 0) is 12.8 Å². The molecule has 0 bridgehead atoms. The number of rotatable bonds is 9. The van der Waals surface area contributed by atoms with Gasteiger partial charge in [0.15, 0.2) is 0 Å². The van der Waals surface area contributed by atoms with E-state index in [9.17, 15) is 9.59 Å². The van der Waals surface area contributed by atoms with E-state index in [4.69, 9.17) is 9.47 Å². The van der Waals surface area contributed by atoms with Gasteiger partial charge in [-0.1, -0.05) is 26.7 Å². The van der Waals surface area contributed by atoms with Crippen LogP contribution in [0.3, 0.4) is 0 Å². The molecular weight excluding hydrogens is 327 g/mol. The van der Waals surface area contributed by atoms with Crippen LogP contribution in [0.25, 0.3) is 0 Å². The van der Waals surface area contributed by atoms with E-state index in [2.05, 4.69) is 0 Å². The normalized spacial score (nSPS) is 9.29. The van der Waals surface area contributed by atoms with Crippen molar-refractivity contribution < 1.29 is 19.1 Å². The Morgan fingerprint density at radius 2 is 1.18 bits per heavy atom. The second-order valence-corrected chi connectivity index (χ2v) is 3.65. The molecule has 0 rings (SSSR count). The van der Waals surface area contributed by atoms with Crippen LogP contribution < -0.4 is 0 Å². The number of ether oxygens (including phenoxy) is 2. The Morgan fingerprint density at radius 1 is 0.824 bits per heavy atom. The van der Waals surface area contributed by atoms with Crippen LogP contribution >= 0.6 is 0 Å². The molecule has 0 N–H and O–H groups in total. The minimum absolute atomic E-state index is 0. The molecule has 0 aliphatic rings. The fraction of sp³-hybridized carbons (Fsp3) is 0.833. The summed E-state index contributed by atoms with van der Waals surface area (Å²) in [6, 6.07) is 0. The molecule has 0 fully saturated rings. The van der Waals surface area contributed by atoms with E-state index in [1.165, 1.54) is 0 Å². The third-order valence-corrected chi connectivity index (χ3v) is 2.06. The van der Waals surface area contributed by atoms with E-state index in [1.54, 1.807) is 0 Å². The van der Waals surface area contributed by atoms with Gasteiger partial charge in [0.2, 0.25) is 0 Å². The first-order valence-electron chi connectivity index (χ1n) is 6.02. The van der Waals surface area contributed by atoms with E-state index in [0.717, 1.165) is 25.7 Å². The molecule has 0 aromatic carbocycles.